The van der Waals surface area contributed by atoms with Crippen LogP contribution in [0.5, 0.6) is 0 Å². The van der Waals surface area contributed by atoms with Crippen LogP contribution in [0, 0.1) is 5.92 Å². The molecule has 1 N–H and O–H groups in total. The Morgan fingerprint density at radius 3 is 2.50 bits per heavy atom. The van der Waals surface area contributed by atoms with Crippen LogP contribution in [0.25, 0.3) is 0 Å². The van der Waals surface area contributed by atoms with E-state index in [9.17, 15) is 13.2 Å². The van der Waals surface area contributed by atoms with Crippen molar-refractivity contribution in [1.82, 2.24) is 4.31 Å². The second-order valence-electron chi connectivity index (χ2n) is 4.68. The van der Waals surface area contributed by atoms with E-state index in [-0.39, 0.29) is 11.7 Å². The van der Waals surface area contributed by atoms with Crippen molar-refractivity contribution in [2.24, 2.45) is 5.92 Å². The van der Waals surface area contributed by atoms with Crippen LogP contribution in [0.15, 0.2) is 0 Å². The van der Waals surface area contributed by atoms with Crippen molar-refractivity contribution in [2.45, 2.75) is 38.1 Å². The first-order valence-corrected chi connectivity index (χ1v) is 7.34. The Hall–Kier alpha value is -0.620. The first-order valence-electron chi connectivity index (χ1n) is 5.73. The number of aliphatic carboxylic acids is 1. The Morgan fingerprint density at radius 1 is 1.25 bits per heavy atom. The molecule has 0 radical (unpaired) electrons. The highest BCUT2D eigenvalue weighted by Gasteiger charge is 2.39. The van der Waals surface area contributed by atoms with Crippen molar-refractivity contribution in [3.63, 3.8) is 0 Å². The summed E-state index contributed by atoms with van der Waals surface area (Å²) in [6.45, 7) is 0.367. The lowest BCUT2D eigenvalue weighted by molar-refractivity contribution is -0.142. The summed E-state index contributed by atoms with van der Waals surface area (Å²) in [5, 5.41) is 9.02. The number of carbonyl (C=O) groups is 1. The van der Waals surface area contributed by atoms with E-state index >= 15 is 0 Å². The molecule has 0 unspecified atom stereocenters. The van der Waals surface area contributed by atoms with Crippen molar-refractivity contribution in [3.05, 3.63) is 0 Å². The van der Waals surface area contributed by atoms with Gasteiger partial charge in [-0.1, -0.05) is 0 Å². The molecule has 0 aromatic carbocycles. The lowest BCUT2D eigenvalue weighted by atomic mass is 10.1. The normalized spacial score (nSPS) is 27.9. The highest BCUT2D eigenvalue weighted by atomic mass is 32.2. The minimum atomic E-state index is -3.36. The smallest absolute Gasteiger partial charge is 0.322 e. The molecule has 1 atom stereocenters. The van der Waals surface area contributed by atoms with Crippen molar-refractivity contribution >= 4 is 16.0 Å². The van der Waals surface area contributed by atoms with Gasteiger partial charge in [-0.15, -0.1) is 0 Å². The number of sulfonamides is 1. The summed E-state index contributed by atoms with van der Waals surface area (Å²) < 4.78 is 25.2. The molecular weight excluding hydrogens is 230 g/mol. The van der Waals surface area contributed by atoms with Crippen LogP contribution in [-0.4, -0.2) is 42.1 Å². The zero-order valence-corrected chi connectivity index (χ0v) is 9.95. The van der Waals surface area contributed by atoms with E-state index in [0.717, 1.165) is 25.7 Å². The van der Waals surface area contributed by atoms with Gasteiger partial charge in [-0.25, -0.2) is 8.42 Å². The molecular formula is C10H17NO4S. The lowest BCUT2D eigenvalue weighted by Crippen LogP contribution is -2.48. The predicted octanol–water partition coefficient (Wildman–Crippen LogP) is 0.665. The summed E-state index contributed by atoms with van der Waals surface area (Å²) in [4.78, 5) is 11.0. The third kappa shape index (κ3) is 2.55. The molecule has 5 nitrogen and oxygen atoms in total. The molecule has 2 rings (SSSR count). The minimum absolute atomic E-state index is 0.136. The molecule has 1 saturated carbocycles. The zero-order valence-electron chi connectivity index (χ0n) is 9.13. The molecule has 1 aliphatic carbocycles. The molecule has 0 spiro atoms. The second-order valence-corrected chi connectivity index (χ2v) is 6.65. The Balaban J connectivity index is 2.11. The first kappa shape index (κ1) is 11.9. The van der Waals surface area contributed by atoms with E-state index < -0.39 is 22.0 Å². The van der Waals surface area contributed by atoms with Gasteiger partial charge in [0.25, 0.3) is 0 Å². The fourth-order valence-electron chi connectivity index (χ4n) is 2.16. The largest absolute Gasteiger partial charge is 0.480 e. The van der Waals surface area contributed by atoms with Crippen LogP contribution in [0.4, 0.5) is 0 Å². The first-order chi connectivity index (χ1) is 7.50. The maximum atomic E-state index is 12.0. The summed E-state index contributed by atoms with van der Waals surface area (Å²) in [5.41, 5.74) is 0. The van der Waals surface area contributed by atoms with E-state index in [4.69, 9.17) is 5.11 Å². The summed E-state index contributed by atoms with van der Waals surface area (Å²) in [5.74, 6) is -0.614. The van der Waals surface area contributed by atoms with Crippen LogP contribution >= 0.6 is 0 Å². The average Bonchev–Trinajstić information content (AvgIpc) is 3.01. The van der Waals surface area contributed by atoms with Crippen molar-refractivity contribution in [3.8, 4) is 0 Å². The monoisotopic (exact) mass is 247 g/mol. The molecule has 1 saturated heterocycles. The molecule has 2 aliphatic rings. The summed E-state index contributed by atoms with van der Waals surface area (Å²) in [7, 11) is -3.36. The highest BCUT2D eigenvalue weighted by molar-refractivity contribution is 7.89. The number of carboxylic acid groups (broad SMARTS) is 1. The number of rotatable bonds is 4. The predicted molar refractivity (Wildman–Crippen MR) is 58.5 cm³/mol. The van der Waals surface area contributed by atoms with Gasteiger partial charge in [0.05, 0.1) is 5.75 Å². The van der Waals surface area contributed by atoms with Gasteiger partial charge in [0, 0.05) is 6.54 Å². The van der Waals surface area contributed by atoms with E-state index in [2.05, 4.69) is 0 Å². The third-order valence-corrected chi connectivity index (χ3v) is 5.28. The standard InChI is InChI=1S/C10H17NO4S/c12-10(13)9-3-1-2-6-11(9)16(14,15)7-8-4-5-8/h8-9H,1-7H2,(H,12,13)/t9-/m0/s1. The topological polar surface area (TPSA) is 74.7 Å². The van der Waals surface area contributed by atoms with Gasteiger partial charge in [-0.3, -0.25) is 4.79 Å². The fraction of sp³-hybridized carbons (Fsp3) is 0.900. The second kappa shape index (κ2) is 4.33. The Labute approximate surface area is 95.5 Å². The molecule has 0 bridgehead atoms. The molecule has 16 heavy (non-hydrogen) atoms. The van der Waals surface area contributed by atoms with Gasteiger partial charge in [0.15, 0.2) is 0 Å². The van der Waals surface area contributed by atoms with Crippen LogP contribution in [0.2, 0.25) is 0 Å². The summed E-state index contributed by atoms with van der Waals surface area (Å²) in [6.07, 6.45) is 3.94. The van der Waals surface area contributed by atoms with Crippen LogP contribution in [0.1, 0.15) is 32.1 Å². The van der Waals surface area contributed by atoms with Crippen molar-refractivity contribution in [1.29, 1.82) is 0 Å². The van der Waals surface area contributed by atoms with E-state index in [1.807, 2.05) is 0 Å². The minimum Gasteiger partial charge on any atom is -0.480 e. The maximum Gasteiger partial charge on any atom is 0.322 e. The Bertz CT molecular complexity index is 374. The van der Waals surface area contributed by atoms with Gasteiger partial charge in [0.1, 0.15) is 6.04 Å². The average molecular weight is 247 g/mol. The molecule has 92 valence electrons. The number of hydrogen-bond acceptors (Lipinski definition) is 3. The zero-order chi connectivity index (χ0) is 11.8. The Morgan fingerprint density at radius 2 is 1.94 bits per heavy atom. The molecule has 0 aromatic rings. The fourth-order valence-corrected chi connectivity index (χ4v) is 4.27. The van der Waals surface area contributed by atoms with Crippen LogP contribution < -0.4 is 0 Å². The van der Waals surface area contributed by atoms with Gasteiger partial charge >= 0.3 is 5.97 Å². The number of nitrogens with zero attached hydrogens (tertiary/aromatic N) is 1. The quantitative estimate of drug-likeness (QED) is 0.792. The molecule has 6 heteroatoms. The molecule has 1 heterocycles. The highest BCUT2D eigenvalue weighted by Crippen LogP contribution is 2.32. The molecule has 1 aliphatic heterocycles. The summed E-state index contributed by atoms with van der Waals surface area (Å²) in [6, 6.07) is -0.836. The van der Waals surface area contributed by atoms with E-state index in [1.165, 1.54) is 4.31 Å². The molecule has 2 fully saturated rings. The lowest BCUT2D eigenvalue weighted by Gasteiger charge is -2.31. The van der Waals surface area contributed by atoms with Crippen molar-refractivity contribution < 1.29 is 18.3 Å². The maximum absolute atomic E-state index is 12.0. The third-order valence-electron chi connectivity index (χ3n) is 3.24. The summed E-state index contributed by atoms with van der Waals surface area (Å²) >= 11 is 0. The van der Waals surface area contributed by atoms with Gasteiger partial charge in [0.2, 0.25) is 10.0 Å². The van der Waals surface area contributed by atoms with Crippen LogP contribution in [0.3, 0.4) is 0 Å². The number of carboxylic acids is 1. The molecule has 0 amide bonds. The van der Waals surface area contributed by atoms with Crippen LogP contribution in [-0.2, 0) is 14.8 Å². The van der Waals surface area contributed by atoms with Gasteiger partial charge in [-0.05, 0) is 38.0 Å². The number of piperidine rings is 1. The molecule has 0 aromatic heterocycles. The van der Waals surface area contributed by atoms with Gasteiger partial charge < -0.3 is 5.11 Å². The van der Waals surface area contributed by atoms with Crippen molar-refractivity contribution in [2.75, 3.05) is 12.3 Å². The number of hydrogen-bond donors (Lipinski definition) is 1. The van der Waals surface area contributed by atoms with E-state index in [1.54, 1.807) is 0 Å². The SMILES string of the molecule is O=C(O)[C@@H]1CCCCN1S(=O)(=O)CC1CC1. The van der Waals surface area contributed by atoms with Gasteiger partial charge in [-0.2, -0.15) is 4.31 Å². The Kier molecular flexibility index (Phi) is 3.21. The van der Waals surface area contributed by atoms with E-state index in [0.29, 0.717) is 13.0 Å².